The Hall–Kier alpha value is -1.66. The summed E-state index contributed by atoms with van der Waals surface area (Å²) < 4.78 is 23.4. The molecule has 0 aliphatic rings. The Kier molecular flexibility index (Phi) is 3.96. The van der Waals surface area contributed by atoms with E-state index in [9.17, 15) is 18.3 Å². The van der Waals surface area contributed by atoms with Gasteiger partial charge in [0.25, 0.3) is 0 Å². The van der Waals surface area contributed by atoms with Gasteiger partial charge in [0, 0.05) is 6.42 Å². The highest BCUT2D eigenvalue weighted by Gasteiger charge is 2.48. The first kappa shape index (κ1) is 14.7. The van der Waals surface area contributed by atoms with Gasteiger partial charge in [-0.25, -0.2) is 8.42 Å². The number of thiophene rings is 1. The molecule has 1 aromatic carbocycles. The summed E-state index contributed by atoms with van der Waals surface area (Å²) in [5, 5.41) is 11.1. The first-order chi connectivity index (χ1) is 9.38. The molecule has 0 amide bonds. The second-order valence-electron chi connectivity index (χ2n) is 4.63. The summed E-state index contributed by atoms with van der Waals surface area (Å²) in [6.07, 6.45) is -0.0661. The van der Waals surface area contributed by atoms with Crippen LogP contribution in [0, 0.1) is 0 Å². The Balaban J connectivity index is 2.48. The molecule has 4 nitrogen and oxygen atoms in total. The molecule has 1 unspecified atom stereocenters. The monoisotopic (exact) mass is 310 g/mol. The van der Waals surface area contributed by atoms with Gasteiger partial charge in [0.05, 0.1) is 0 Å². The number of sulfone groups is 1. The average Bonchev–Trinajstić information content (AvgIpc) is 2.93. The molecule has 0 aliphatic heterocycles. The van der Waals surface area contributed by atoms with Crippen molar-refractivity contribution in [2.45, 2.75) is 22.3 Å². The largest absolute Gasteiger partial charge is 0.480 e. The maximum atomic E-state index is 12.6. The van der Waals surface area contributed by atoms with Crippen LogP contribution in [0.15, 0.2) is 52.1 Å². The normalized spacial score (nSPS) is 14.7. The van der Waals surface area contributed by atoms with Crippen LogP contribution in [-0.4, -0.2) is 24.2 Å². The number of carboxylic acid groups (broad SMARTS) is 1. The number of benzene rings is 1. The van der Waals surface area contributed by atoms with Crippen molar-refractivity contribution >= 4 is 27.1 Å². The number of carbonyl (C=O) groups is 1. The van der Waals surface area contributed by atoms with Crippen molar-refractivity contribution in [3.05, 3.63) is 53.4 Å². The van der Waals surface area contributed by atoms with Crippen LogP contribution in [0.5, 0.6) is 0 Å². The molecule has 0 fully saturated rings. The van der Waals surface area contributed by atoms with Gasteiger partial charge in [0.1, 0.15) is 4.21 Å². The van der Waals surface area contributed by atoms with Gasteiger partial charge in [-0.05, 0) is 23.9 Å². The van der Waals surface area contributed by atoms with E-state index in [0.29, 0.717) is 5.56 Å². The molecule has 1 aromatic heterocycles. The van der Waals surface area contributed by atoms with Crippen LogP contribution in [0.2, 0.25) is 0 Å². The Labute approximate surface area is 121 Å². The highest BCUT2D eigenvalue weighted by Crippen LogP contribution is 2.32. The molecule has 0 spiro atoms. The van der Waals surface area contributed by atoms with Crippen molar-refractivity contribution < 1.29 is 18.3 Å². The summed E-state index contributed by atoms with van der Waals surface area (Å²) in [6.45, 7) is 1.26. The number of carboxylic acids is 1. The smallest absolute Gasteiger partial charge is 0.325 e. The first-order valence-electron chi connectivity index (χ1n) is 5.93. The second-order valence-corrected chi connectivity index (χ2v) is 8.19. The first-order valence-corrected chi connectivity index (χ1v) is 8.30. The van der Waals surface area contributed by atoms with Gasteiger partial charge in [-0.15, -0.1) is 11.3 Å². The lowest BCUT2D eigenvalue weighted by molar-refractivity contribution is -0.139. The van der Waals surface area contributed by atoms with Gasteiger partial charge < -0.3 is 5.11 Å². The summed E-state index contributed by atoms with van der Waals surface area (Å²) in [5.41, 5.74) is 0.678. The fraction of sp³-hybridized carbons (Fsp3) is 0.214. The van der Waals surface area contributed by atoms with E-state index in [0.717, 1.165) is 11.3 Å². The molecular formula is C14H14O4S2. The lowest BCUT2D eigenvalue weighted by Gasteiger charge is -2.24. The summed E-state index contributed by atoms with van der Waals surface area (Å²) >= 11 is 1.03. The maximum absolute atomic E-state index is 12.6. The lowest BCUT2D eigenvalue weighted by Crippen LogP contribution is -2.45. The van der Waals surface area contributed by atoms with E-state index in [2.05, 4.69) is 0 Å². The van der Waals surface area contributed by atoms with Crippen molar-refractivity contribution in [3.8, 4) is 0 Å². The molecular weight excluding hydrogens is 296 g/mol. The Morgan fingerprint density at radius 2 is 1.85 bits per heavy atom. The molecule has 6 heteroatoms. The third-order valence-electron chi connectivity index (χ3n) is 3.19. The molecule has 20 heavy (non-hydrogen) atoms. The maximum Gasteiger partial charge on any atom is 0.325 e. The van der Waals surface area contributed by atoms with E-state index < -0.39 is 20.6 Å². The average molecular weight is 310 g/mol. The van der Waals surface area contributed by atoms with Crippen molar-refractivity contribution in [3.63, 3.8) is 0 Å². The Morgan fingerprint density at radius 1 is 1.20 bits per heavy atom. The third-order valence-corrected chi connectivity index (χ3v) is 6.97. The number of hydrogen-bond donors (Lipinski definition) is 1. The molecule has 0 saturated heterocycles. The SMILES string of the molecule is CC(Cc1ccccc1)(C(=O)O)S(=O)(=O)c1cccs1. The molecule has 0 radical (unpaired) electrons. The number of rotatable bonds is 5. The molecule has 2 rings (SSSR count). The van der Waals surface area contributed by atoms with E-state index in [4.69, 9.17) is 0 Å². The van der Waals surface area contributed by atoms with Crippen LogP contribution in [0.3, 0.4) is 0 Å². The highest BCUT2D eigenvalue weighted by atomic mass is 32.2. The van der Waals surface area contributed by atoms with Gasteiger partial charge in [0.2, 0.25) is 9.84 Å². The van der Waals surface area contributed by atoms with Crippen LogP contribution in [-0.2, 0) is 21.1 Å². The van der Waals surface area contributed by atoms with Crippen LogP contribution in [0.1, 0.15) is 12.5 Å². The quantitative estimate of drug-likeness (QED) is 0.921. The van der Waals surface area contributed by atoms with E-state index in [1.54, 1.807) is 41.8 Å². The van der Waals surface area contributed by atoms with Gasteiger partial charge >= 0.3 is 5.97 Å². The second kappa shape index (κ2) is 5.38. The van der Waals surface area contributed by atoms with Crippen LogP contribution < -0.4 is 0 Å². The number of hydrogen-bond acceptors (Lipinski definition) is 4. The van der Waals surface area contributed by atoms with Gasteiger partial charge in [-0.3, -0.25) is 4.79 Å². The lowest BCUT2D eigenvalue weighted by atomic mass is 10.0. The molecule has 0 aliphatic carbocycles. The van der Waals surface area contributed by atoms with Crippen LogP contribution in [0.4, 0.5) is 0 Å². The minimum atomic E-state index is -3.94. The molecule has 1 atom stereocenters. The fourth-order valence-corrected chi connectivity index (χ4v) is 4.87. The standard InChI is InChI=1S/C14H14O4S2/c1-14(13(15)16,10-11-6-3-2-4-7-11)20(17,18)12-8-5-9-19-12/h2-9H,10H2,1H3,(H,15,16). The van der Waals surface area contributed by atoms with Gasteiger partial charge in [-0.1, -0.05) is 36.4 Å². The van der Waals surface area contributed by atoms with Gasteiger partial charge in [0.15, 0.2) is 4.75 Å². The van der Waals surface area contributed by atoms with Crippen molar-refractivity contribution in [2.24, 2.45) is 0 Å². The Morgan fingerprint density at radius 3 is 2.35 bits per heavy atom. The van der Waals surface area contributed by atoms with Crippen LogP contribution >= 0.6 is 11.3 Å². The summed E-state index contributed by atoms with van der Waals surface area (Å²) in [6, 6.07) is 11.8. The highest BCUT2D eigenvalue weighted by molar-refractivity contribution is 7.95. The minimum Gasteiger partial charge on any atom is -0.480 e. The van der Waals surface area contributed by atoms with E-state index in [1.165, 1.54) is 13.0 Å². The summed E-state index contributed by atoms with van der Waals surface area (Å²) in [7, 11) is -3.94. The van der Waals surface area contributed by atoms with E-state index in [-0.39, 0.29) is 10.6 Å². The molecule has 2 aromatic rings. The topological polar surface area (TPSA) is 71.4 Å². The number of aliphatic carboxylic acids is 1. The zero-order valence-corrected chi connectivity index (χ0v) is 12.4. The van der Waals surface area contributed by atoms with Crippen molar-refractivity contribution in [1.82, 2.24) is 0 Å². The predicted molar refractivity (Wildman–Crippen MR) is 77.7 cm³/mol. The predicted octanol–water partition coefficient (Wildman–Crippen LogP) is 2.61. The van der Waals surface area contributed by atoms with E-state index in [1.807, 2.05) is 0 Å². The van der Waals surface area contributed by atoms with Gasteiger partial charge in [-0.2, -0.15) is 0 Å². The summed E-state index contributed by atoms with van der Waals surface area (Å²) in [4.78, 5) is 11.6. The van der Waals surface area contributed by atoms with Crippen molar-refractivity contribution in [2.75, 3.05) is 0 Å². The summed E-state index contributed by atoms with van der Waals surface area (Å²) in [5.74, 6) is -1.34. The minimum absolute atomic E-state index is 0.0661. The van der Waals surface area contributed by atoms with E-state index >= 15 is 0 Å². The van der Waals surface area contributed by atoms with Crippen molar-refractivity contribution in [1.29, 1.82) is 0 Å². The molecule has 0 bridgehead atoms. The third kappa shape index (κ3) is 2.48. The zero-order valence-electron chi connectivity index (χ0n) is 10.8. The van der Waals surface area contributed by atoms with Crippen LogP contribution in [0.25, 0.3) is 0 Å². The zero-order chi connectivity index (χ0) is 14.8. The molecule has 1 heterocycles. The Bertz CT molecular complexity index is 690. The molecule has 1 N–H and O–H groups in total. The molecule has 106 valence electrons. The fourth-order valence-electron chi connectivity index (χ4n) is 1.91. The molecule has 0 saturated carbocycles.